The molecule has 0 N–H and O–H groups in total. The predicted molar refractivity (Wildman–Crippen MR) is 230 cm³/mol. The summed E-state index contributed by atoms with van der Waals surface area (Å²) in [4.78, 5) is 0. The third kappa shape index (κ3) is 4.37. The SMILES string of the molecule is C=C1C2C(CCc3ccccc3-c3cccc[n+]31)c1cc3c(cc1-c1cc(CC(C)(C)C)cc[n+]12)c1cccc2c4ccc5c6ccccc6sc5c4n3c12. The van der Waals surface area contributed by atoms with Crippen LogP contribution in [0.15, 0.2) is 140 Å². The summed E-state index contributed by atoms with van der Waals surface area (Å²) in [5.41, 5.74) is 14.6. The van der Waals surface area contributed by atoms with Crippen LogP contribution in [-0.2, 0) is 12.8 Å². The van der Waals surface area contributed by atoms with Crippen molar-refractivity contribution in [1.82, 2.24) is 4.40 Å². The first-order chi connectivity index (χ1) is 26.8. The zero-order valence-corrected chi connectivity index (χ0v) is 32.3. The van der Waals surface area contributed by atoms with Gasteiger partial charge in [0.1, 0.15) is 0 Å². The summed E-state index contributed by atoms with van der Waals surface area (Å²) in [6.45, 7) is 12.0. The van der Waals surface area contributed by atoms with Gasteiger partial charge in [-0.1, -0.05) is 87.5 Å². The Morgan fingerprint density at radius 2 is 1.45 bits per heavy atom. The van der Waals surface area contributed by atoms with Crippen molar-refractivity contribution < 1.29 is 9.13 Å². The molecule has 2 unspecified atom stereocenters. The number of thiophene rings is 1. The molecule has 4 heteroatoms. The molecule has 0 saturated heterocycles. The molecule has 0 amide bonds. The van der Waals surface area contributed by atoms with E-state index in [1.807, 2.05) is 11.3 Å². The van der Waals surface area contributed by atoms with Crippen molar-refractivity contribution in [1.29, 1.82) is 0 Å². The lowest BCUT2D eigenvalue weighted by molar-refractivity contribution is -0.727. The van der Waals surface area contributed by atoms with Crippen LogP contribution in [-0.4, -0.2) is 4.40 Å². The molecule has 55 heavy (non-hydrogen) atoms. The van der Waals surface area contributed by atoms with Gasteiger partial charge in [0.2, 0.25) is 23.1 Å². The Balaban J connectivity index is 1.20. The van der Waals surface area contributed by atoms with E-state index in [1.54, 1.807) is 0 Å². The number of rotatable bonds is 1. The maximum atomic E-state index is 4.97. The molecule has 264 valence electrons. The minimum atomic E-state index is 0.0456. The van der Waals surface area contributed by atoms with Crippen LogP contribution in [0.4, 0.5) is 0 Å². The largest absolute Gasteiger partial charge is 0.307 e. The minimum absolute atomic E-state index is 0.0456. The number of hydrogen-bond acceptors (Lipinski definition) is 1. The van der Waals surface area contributed by atoms with E-state index in [0.29, 0.717) is 0 Å². The van der Waals surface area contributed by atoms with Crippen LogP contribution in [0.1, 0.15) is 55.8 Å². The molecule has 3 nitrogen and oxygen atoms in total. The fraction of sp³-hybridized carbons (Fsp3) is 0.176. The van der Waals surface area contributed by atoms with Crippen LogP contribution in [0.25, 0.3) is 86.5 Å². The molecule has 2 aliphatic rings. The Morgan fingerprint density at radius 3 is 2.35 bits per heavy atom. The van der Waals surface area contributed by atoms with Crippen LogP contribution >= 0.6 is 11.3 Å². The van der Waals surface area contributed by atoms with Crippen LogP contribution < -0.4 is 9.13 Å². The monoisotopic (exact) mass is 727 g/mol. The van der Waals surface area contributed by atoms with Crippen molar-refractivity contribution in [2.45, 2.75) is 52.0 Å². The molecule has 0 aliphatic carbocycles. The van der Waals surface area contributed by atoms with Gasteiger partial charge in [0, 0.05) is 66.8 Å². The third-order valence-electron chi connectivity index (χ3n) is 12.7. The van der Waals surface area contributed by atoms with Crippen molar-refractivity contribution in [3.8, 4) is 22.5 Å². The van der Waals surface area contributed by atoms with E-state index in [-0.39, 0.29) is 17.4 Å². The first-order valence-corrected chi connectivity index (χ1v) is 20.5. The molecule has 0 saturated carbocycles. The Kier molecular flexibility index (Phi) is 6.37. The summed E-state index contributed by atoms with van der Waals surface area (Å²) in [5, 5.41) is 8.02. The fourth-order valence-electron chi connectivity index (χ4n) is 10.5. The van der Waals surface area contributed by atoms with Crippen molar-refractivity contribution in [2.75, 3.05) is 0 Å². The quantitative estimate of drug-likeness (QED) is 0.149. The van der Waals surface area contributed by atoms with Gasteiger partial charge < -0.3 is 4.40 Å². The molecule has 0 spiro atoms. The summed E-state index contributed by atoms with van der Waals surface area (Å²) in [6, 6.07) is 46.2. The van der Waals surface area contributed by atoms with E-state index >= 15 is 0 Å². The molecular weight excluding hydrogens is 687 g/mol. The van der Waals surface area contributed by atoms with Gasteiger partial charge in [-0.05, 0) is 78.3 Å². The van der Waals surface area contributed by atoms with Crippen LogP contribution in [0.5, 0.6) is 0 Å². The maximum Gasteiger partial charge on any atom is 0.249 e. The highest BCUT2D eigenvalue weighted by Gasteiger charge is 2.47. The number of aromatic nitrogens is 3. The molecule has 2 atom stereocenters. The highest BCUT2D eigenvalue weighted by atomic mass is 32.1. The Morgan fingerprint density at radius 1 is 0.691 bits per heavy atom. The average molecular weight is 728 g/mol. The third-order valence-corrected chi connectivity index (χ3v) is 13.9. The first kappa shape index (κ1) is 31.5. The van der Waals surface area contributed by atoms with Gasteiger partial charge in [0.15, 0.2) is 12.4 Å². The molecule has 0 radical (unpaired) electrons. The zero-order valence-electron chi connectivity index (χ0n) is 31.4. The van der Waals surface area contributed by atoms with Gasteiger partial charge in [-0.25, -0.2) is 0 Å². The van der Waals surface area contributed by atoms with Crippen molar-refractivity contribution in [2.24, 2.45) is 5.41 Å². The Hall–Kier alpha value is -5.84. The minimum Gasteiger partial charge on any atom is -0.307 e. The van der Waals surface area contributed by atoms with Crippen LogP contribution in [0, 0.1) is 5.41 Å². The van der Waals surface area contributed by atoms with E-state index in [4.69, 9.17) is 6.58 Å². The summed E-state index contributed by atoms with van der Waals surface area (Å²) in [6.07, 6.45) is 7.63. The lowest BCUT2D eigenvalue weighted by Crippen LogP contribution is -2.53. The topological polar surface area (TPSA) is 12.2 Å². The fourth-order valence-corrected chi connectivity index (χ4v) is 11.7. The molecule has 2 aliphatic heterocycles. The standard InChI is InChI=1S/C51H41N3S/c1-30-47-38(20-19-32-12-5-6-13-33(32)43-17-9-10-24-52(30)43)40-28-45-41(27-42(40)44-26-31(23-25-53(44)47)29-51(2,3)4)36-16-11-15-35-37-21-22-39-34-14-7-8-18-46(34)55-50(39)49(37)54(45)48(35)36/h5-18,21-28,38,47H,1,19-20,29H2,2-4H3/q+2. The molecule has 7 heterocycles. The normalized spacial score (nSPS) is 17.0. The van der Waals surface area contributed by atoms with Crippen LogP contribution in [0.2, 0.25) is 0 Å². The number of fused-ring (bicyclic) bond motifs is 19. The average Bonchev–Trinajstić information content (AvgIpc) is 3.86. The van der Waals surface area contributed by atoms with E-state index in [0.717, 1.165) is 25.0 Å². The van der Waals surface area contributed by atoms with Gasteiger partial charge in [-0.2, -0.15) is 9.13 Å². The predicted octanol–water partition coefficient (Wildman–Crippen LogP) is 12.5. The summed E-state index contributed by atoms with van der Waals surface area (Å²) >= 11 is 1.93. The lowest BCUT2D eigenvalue weighted by Gasteiger charge is -2.30. The molecule has 5 aromatic carbocycles. The lowest BCUT2D eigenvalue weighted by atomic mass is 9.77. The maximum absolute atomic E-state index is 4.97. The summed E-state index contributed by atoms with van der Waals surface area (Å²) in [5.74, 6) is 0.218. The molecule has 5 aromatic heterocycles. The molecule has 0 fully saturated rings. The molecule has 0 bridgehead atoms. The summed E-state index contributed by atoms with van der Waals surface area (Å²) in [7, 11) is 0. The number of nitrogens with zero attached hydrogens (tertiary/aromatic N) is 3. The van der Waals surface area contributed by atoms with Gasteiger partial charge in [0.25, 0.3) is 0 Å². The highest BCUT2D eigenvalue weighted by molar-refractivity contribution is 7.26. The smallest absolute Gasteiger partial charge is 0.249 e. The number of benzene rings is 5. The second kappa shape index (κ2) is 11.1. The second-order valence-electron chi connectivity index (χ2n) is 17.2. The van der Waals surface area contributed by atoms with Gasteiger partial charge in [-0.3, -0.25) is 0 Å². The van der Waals surface area contributed by atoms with Gasteiger partial charge in [0.05, 0.1) is 32.7 Å². The molecule has 10 aromatic rings. The highest BCUT2D eigenvalue weighted by Crippen LogP contribution is 2.50. The number of para-hydroxylation sites is 1. The van der Waals surface area contributed by atoms with E-state index < -0.39 is 0 Å². The number of allylic oxidation sites excluding steroid dienone is 1. The van der Waals surface area contributed by atoms with Crippen LogP contribution in [0.3, 0.4) is 0 Å². The van der Waals surface area contributed by atoms with E-state index in [9.17, 15) is 0 Å². The first-order valence-electron chi connectivity index (χ1n) is 19.7. The zero-order chi connectivity index (χ0) is 36.7. The summed E-state index contributed by atoms with van der Waals surface area (Å²) < 4.78 is 10.3. The van der Waals surface area contributed by atoms with E-state index in [2.05, 4.69) is 168 Å². The van der Waals surface area contributed by atoms with E-state index in [1.165, 1.54) is 97.5 Å². The number of aryl methyl sites for hydroxylation is 1. The van der Waals surface area contributed by atoms with Gasteiger partial charge >= 0.3 is 0 Å². The van der Waals surface area contributed by atoms with Gasteiger partial charge in [-0.15, -0.1) is 11.3 Å². The Bertz CT molecular complexity index is 3260. The van der Waals surface area contributed by atoms with Crippen molar-refractivity contribution >= 4 is 75.3 Å². The van der Waals surface area contributed by atoms with Crippen molar-refractivity contribution in [3.05, 3.63) is 157 Å². The van der Waals surface area contributed by atoms with Crippen molar-refractivity contribution in [3.63, 3.8) is 0 Å². The molecular formula is C51H41N3S+2. The number of pyridine rings is 2. The number of hydrogen-bond donors (Lipinski definition) is 0. The Labute approximate surface area is 324 Å². The second-order valence-corrected chi connectivity index (χ2v) is 18.2. The molecule has 12 rings (SSSR count).